The summed E-state index contributed by atoms with van der Waals surface area (Å²) in [4.78, 5) is 31.4. The van der Waals surface area contributed by atoms with Crippen LogP contribution in [0.3, 0.4) is 0 Å². The minimum absolute atomic E-state index is 0. The second kappa shape index (κ2) is 12.8. The van der Waals surface area contributed by atoms with Gasteiger partial charge in [0.05, 0.1) is 71.8 Å². The van der Waals surface area contributed by atoms with Crippen LogP contribution in [0.1, 0.15) is 39.1 Å². The number of carboxylic acid groups (broad SMARTS) is 1. The van der Waals surface area contributed by atoms with Crippen LogP contribution in [0.2, 0.25) is 10.0 Å². The molecule has 4 heterocycles. The van der Waals surface area contributed by atoms with Gasteiger partial charge in [0.25, 0.3) is 5.91 Å². The molecule has 0 saturated carbocycles. The number of anilines is 2. The lowest BCUT2D eigenvalue weighted by molar-refractivity contribution is -0.219. The molecule has 2 bridgehead atoms. The molecule has 1 amide bonds. The number of carboxylic acids is 1. The monoisotopic (exact) mass is 689 g/mol. The predicted molar refractivity (Wildman–Crippen MR) is 173 cm³/mol. The van der Waals surface area contributed by atoms with Crippen molar-refractivity contribution in [2.24, 2.45) is 0 Å². The van der Waals surface area contributed by atoms with Crippen molar-refractivity contribution in [3.63, 3.8) is 0 Å². The zero-order valence-electron chi connectivity index (χ0n) is 25.7. The first-order valence-electron chi connectivity index (χ1n) is 14.9. The summed E-state index contributed by atoms with van der Waals surface area (Å²) in [6.07, 6.45) is 1.75. The number of amides is 1. The minimum Gasteiger partial charge on any atom is -0.478 e. The van der Waals surface area contributed by atoms with E-state index in [1.807, 2.05) is 4.90 Å². The molecule has 0 aromatic heterocycles. The Morgan fingerprint density at radius 1 is 1.00 bits per heavy atom. The molecule has 3 N–H and O–H groups in total. The Morgan fingerprint density at radius 2 is 1.66 bits per heavy atom. The van der Waals surface area contributed by atoms with Crippen molar-refractivity contribution in [2.45, 2.75) is 37.3 Å². The molecule has 3 saturated heterocycles. The fraction of sp³-hybridized carbons (Fsp3) is 0.394. The van der Waals surface area contributed by atoms with Crippen molar-refractivity contribution >= 4 is 46.5 Å². The van der Waals surface area contributed by atoms with Gasteiger partial charge >= 0.3 is 5.97 Å². The summed E-state index contributed by atoms with van der Waals surface area (Å²) in [5.74, 6) is -2.55. The van der Waals surface area contributed by atoms with E-state index in [1.54, 1.807) is 50.6 Å². The summed E-state index contributed by atoms with van der Waals surface area (Å²) in [6, 6.07) is 11.4. The van der Waals surface area contributed by atoms with Gasteiger partial charge in [0.2, 0.25) is 5.79 Å². The largest absolute Gasteiger partial charge is 0.478 e. The van der Waals surface area contributed by atoms with Crippen molar-refractivity contribution < 1.29 is 43.5 Å². The van der Waals surface area contributed by atoms with E-state index >= 15 is 4.39 Å². The van der Waals surface area contributed by atoms with Crippen LogP contribution < -0.4 is 14.5 Å². The number of halogens is 3. The number of para-hydroxylation sites is 1. The van der Waals surface area contributed by atoms with Crippen molar-refractivity contribution in [1.29, 1.82) is 0 Å². The molecular formula is C33H34Cl2FN3O8. The van der Waals surface area contributed by atoms with Crippen LogP contribution in [0, 0.1) is 5.82 Å². The van der Waals surface area contributed by atoms with Crippen LogP contribution in [0.15, 0.2) is 42.5 Å². The van der Waals surface area contributed by atoms with E-state index in [1.165, 1.54) is 4.90 Å². The Morgan fingerprint density at radius 3 is 2.28 bits per heavy atom. The number of rotatable bonds is 7. The van der Waals surface area contributed by atoms with E-state index in [-0.39, 0.29) is 57.6 Å². The summed E-state index contributed by atoms with van der Waals surface area (Å²) >= 11 is 13.2. The Balaban J connectivity index is 0.00000386. The zero-order chi connectivity index (χ0) is 32.3. The average Bonchev–Trinajstić information content (AvgIpc) is 3.26. The van der Waals surface area contributed by atoms with E-state index in [2.05, 4.69) is 4.90 Å². The molecule has 250 valence electrons. The quantitative estimate of drug-likeness (QED) is 0.346. The van der Waals surface area contributed by atoms with Gasteiger partial charge in [0, 0.05) is 36.6 Å². The van der Waals surface area contributed by atoms with Gasteiger partial charge in [-0.2, -0.15) is 0 Å². The number of ether oxygens (including phenoxy) is 4. The van der Waals surface area contributed by atoms with Crippen LogP contribution in [-0.2, 0) is 20.8 Å². The SMILES string of the molecule is COC1(OC)CN(c2cc(Cl)c(C(=O)N3COc4c(cccc4-c4cc(N5C6CCC5COC6)c(C(=O)O)cc4F)C3)c(Cl)c2)C1.O. The topological polar surface area (TPSA) is 133 Å². The van der Waals surface area contributed by atoms with Crippen LogP contribution in [0.5, 0.6) is 5.75 Å². The number of hydrogen-bond donors (Lipinski definition) is 1. The first kappa shape index (κ1) is 33.3. The number of carbonyl (C=O) groups is 2. The molecule has 2 unspecified atom stereocenters. The van der Waals surface area contributed by atoms with E-state index in [4.69, 9.17) is 42.1 Å². The first-order valence-corrected chi connectivity index (χ1v) is 15.7. The maximum atomic E-state index is 15.7. The highest BCUT2D eigenvalue weighted by Gasteiger charge is 2.44. The number of carbonyl (C=O) groups excluding carboxylic acids is 1. The molecule has 3 fully saturated rings. The fourth-order valence-corrected chi connectivity index (χ4v) is 7.59. The highest BCUT2D eigenvalue weighted by Crippen LogP contribution is 2.44. The number of methoxy groups -OCH3 is 2. The average molecular weight is 691 g/mol. The Hall–Kier alpha value is -3.65. The Kier molecular flexibility index (Phi) is 9.02. The fourth-order valence-electron chi connectivity index (χ4n) is 6.96. The van der Waals surface area contributed by atoms with Crippen LogP contribution in [0.4, 0.5) is 15.8 Å². The molecule has 7 rings (SSSR count). The molecule has 0 radical (unpaired) electrons. The molecule has 2 atom stereocenters. The third kappa shape index (κ3) is 5.66. The van der Waals surface area contributed by atoms with Gasteiger partial charge in [0.1, 0.15) is 11.6 Å². The molecule has 11 nitrogen and oxygen atoms in total. The number of fused-ring (bicyclic) bond motifs is 3. The van der Waals surface area contributed by atoms with E-state index in [9.17, 15) is 14.7 Å². The number of nitrogens with zero attached hydrogens (tertiary/aromatic N) is 3. The first-order chi connectivity index (χ1) is 22.1. The molecule has 4 aliphatic rings. The van der Waals surface area contributed by atoms with Gasteiger partial charge in [-0.25, -0.2) is 9.18 Å². The van der Waals surface area contributed by atoms with Gasteiger partial charge in [-0.15, -0.1) is 0 Å². The van der Waals surface area contributed by atoms with Crippen LogP contribution in [-0.4, -0.2) is 92.5 Å². The van der Waals surface area contributed by atoms with E-state index in [0.29, 0.717) is 48.9 Å². The summed E-state index contributed by atoms with van der Waals surface area (Å²) < 4.78 is 38.4. The maximum absolute atomic E-state index is 15.7. The van der Waals surface area contributed by atoms with Crippen molar-refractivity contribution in [1.82, 2.24) is 4.90 Å². The number of aromatic carboxylic acids is 1. The summed E-state index contributed by atoms with van der Waals surface area (Å²) in [5.41, 5.74) is 2.62. The van der Waals surface area contributed by atoms with Crippen LogP contribution in [0.25, 0.3) is 11.1 Å². The number of benzene rings is 3. The van der Waals surface area contributed by atoms with E-state index < -0.39 is 23.5 Å². The third-order valence-corrected chi connectivity index (χ3v) is 10.0. The lowest BCUT2D eigenvalue weighted by Crippen LogP contribution is -2.64. The predicted octanol–water partition coefficient (Wildman–Crippen LogP) is 4.84. The van der Waals surface area contributed by atoms with Gasteiger partial charge < -0.3 is 44.2 Å². The normalized spacial score (nSPS) is 21.0. The zero-order valence-corrected chi connectivity index (χ0v) is 27.2. The summed E-state index contributed by atoms with van der Waals surface area (Å²) in [6.45, 7) is 1.99. The van der Waals surface area contributed by atoms with Crippen LogP contribution >= 0.6 is 23.2 Å². The standard InChI is InChI=1S/C33H32Cl2FN3O7.H2O/c1-43-33(44-2)15-38(16-33)21-8-25(34)29(26(35)9-21)31(40)37-12-18-4-3-5-22(30(18)46-17-37)23-11-28(24(32(41)42)10-27(23)36)39-19-6-7-20(39)14-45-13-19;/h3-5,8-11,19-20H,6-7,12-17H2,1-2H3,(H,41,42);1H2. The van der Waals surface area contributed by atoms with Gasteiger partial charge in [-0.05, 0) is 37.1 Å². The highest BCUT2D eigenvalue weighted by molar-refractivity contribution is 6.40. The molecule has 14 heteroatoms. The smallest absolute Gasteiger partial charge is 0.337 e. The lowest BCUT2D eigenvalue weighted by Gasteiger charge is -2.48. The lowest BCUT2D eigenvalue weighted by atomic mass is 9.96. The molecule has 4 aliphatic heterocycles. The minimum atomic E-state index is -1.19. The third-order valence-electron chi connectivity index (χ3n) is 9.45. The van der Waals surface area contributed by atoms with Gasteiger partial charge in [-0.3, -0.25) is 4.79 Å². The highest BCUT2D eigenvalue weighted by atomic mass is 35.5. The maximum Gasteiger partial charge on any atom is 0.337 e. The molecule has 47 heavy (non-hydrogen) atoms. The van der Waals surface area contributed by atoms with Gasteiger partial charge in [-0.1, -0.05) is 41.4 Å². The molecular weight excluding hydrogens is 656 g/mol. The Labute approximate surface area is 280 Å². The molecule has 3 aromatic rings. The molecule has 3 aromatic carbocycles. The molecule has 0 spiro atoms. The second-order valence-corrected chi connectivity index (χ2v) is 12.8. The van der Waals surface area contributed by atoms with Crippen molar-refractivity contribution in [3.05, 3.63) is 75.0 Å². The summed E-state index contributed by atoms with van der Waals surface area (Å²) in [5, 5.41) is 10.4. The van der Waals surface area contributed by atoms with Crippen molar-refractivity contribution in [3.8, 4) is 16.9 Å². The van der Waals surface area contributed by atoms with Crippen molar-refractivity contribution in [2.75, 3.05) is 57.1 Å². The Bertz CT molecular complexity index is 1690. The summed E-state index contributed by atoms with van der Waals surface area (Å²) in [7, 11) is 3.17. The van der Waals surface area contributed by atoms with Gasteiger partial charge in [0.15, 0.2) is 6.73 Å². The number of hydrogen-bond acceptors (Lipinski definition) is 8. The molecule has 0 aliphatic carbocycles. The van der Waals surface area contributed by atoms with E-state index in [0.717, 1.165) is 24.6 Å². The number of morpholine rings is 1. The second-order valence-electron chi connectivity index (χ2n) is 12.0.